The van der Waals surface area contributed by atoms with Gasteiger partial charge in [-0.2, -0.15) is 0 Å². The van der Waals surface area contributed by atoms with Crippen molar-refractivity contribution < 1.29 is 0 Å². The zero-order chi connectivity index (χ0) is 10.1. The number of nitrogens with zero attached hydrogens (tertiary/aromatic N) is 2. The van der Waals surface area contributed by atoms with E-state index >= 15 is 0 Å². The Hall–Kier alpha value is -1.96. The van der Waals surface area contributed by atoms with Crippen LogP contribution in [-0.4, -0.2) is 9.97 Å². The van der Waals surface area contributed by atoms with Crippen molar-refractivity contribution in [2.45, 2.75) is 5.92 Å². The van der Waals surface area contributed by atoms with Crippen molar-refractivity contribution >= 4 is 6.08 Å². The molecule has 1 aliphatic rings. The smallest absolute Gasteiger partial charge is 0.0699 e. The van der Waals surface area contributed by atoms with Gasteiger partial charge in [-0.1, -0.05) is 36.4 Å². The van der Waals surface area contributed by atoms with E-state index in [0.717, 1.165) is 5.69 Å². The van der Waals surface area contributed by atoms with E-state index in [0.29, 0.717) is 0 Å². The molecule has 15 heavy (non-hydrogen) atoms. The number of hydrogen-bond donors (Lipinski definition) is 0. The highest BCUT2D eigenvalue weighted by atomic mass is 14.8. The van der Waals surface area contributed by atoms with Crippen LogP contribution in [0.15, 0.2) is 48.9 Å². The lowest BCUT2D eigenvalue weighted by molar-refractivity contribution is 0.946. The molecule has 0 bridgehead atoms. The van der Waals surface area contributed by atoms with Gasteiger partial charge in [0.2, 0.25) is 0 Å². The number of rotatable bonds is 1. The molecule has 1 atom stereocenters. The molecule has 2 heteroatoms. The Morgan fingerprint density at radius 2 is 2.00 bits per heavy atom. The van der Waals surface area contributed by atoms with E-state index in [1.807, 2.05) is 6.20 Å². The van der Waals surface area contributed by atoms with Gasteiger partial charge in [-0.05, 0) is 11.1 Å². The maximum atomic E-state index is 4.35. The van der Waals surface area contributed by atoms with Gasteiger partial charge < -0.3 is 0 Å². The second-order valence-corrected chi connectivity index (χ2v) is 3.60. The van der Waals surface area contributed by atoms with Crippen LogP contribution < -0.4 is 0 Å². The standard InChI is InChI=1S/C13H10N2/c1-2-4-11-10(3-1)5-6-12(11)13-9-14-7-8-15-13/h1-9,12H. The fraction of sp³-hybridized carbons (Fsp3) is 0.0769. The lowest BCUT2D eigenvalue weighted by atomic mass is 9.98. The summed E-state index contributed by atoms with van der Waals surface area (Å²) in [7, 11) is 0. The Morgan fingerprint density at radius 1 is 1.07 bits per heavy atom. The molecule has 72 valence electrons. The van der Waals surface area contributed by atoms with E-state index in [9.17, 15) is 0 Å². The maximum absolute atomic E-state index is 4.35. The Bertz CT molecular complexity index is 503. The van der Waals surface area contributed by atoms with Crippen molar-refractivity contribution in [1.29, 1.82) is 0 Å². The Morgan fingerprint density at radius 3 is 2.87 bits per heavy atom. The highest BCUT2D eigenvalue weighted by Gasteiger charge is 2.19. The molecular weight excluding hydrogens is 184 g/mol. The second-order valence-electron chi connectivity index (χ2n) is 3.60. The van der Waals surface area contributed by atoms with Crippen LogP contribution in [0.2, 0.25) is 0 Å². The molecule has 1 aromatic carbocycles. The molecule has 0 amide bonds. The average Bonchev–Trinajstić information content (AvgIpc) is 2.74. The highest BCUT2D eigenvalue weighted by molar-refractivity contribution is 5.64. The summed E-state index contributed by atoms with van der Waals surface area (Å²) in [6.07, 6.45) is 9.60. The molecular formula is C13H10N2. The summed E-state index contributed by atoms with van der Waals surface area (Å²) < 4.78 is 0. The molecule has 0 N–H and O–H groups in total. The molecule has 1 aromatic heterocycles. The van der Waals surface area contributed by atoms with Crippen molar-refractivity contribution in [2.24, 2.45) is 0 Å². The van der Waals surface area contributed by atoms with Gasteiger partial charge in [0.15, 0.2) is 0 Å². The number of fused-ring (bicyclic) bond motifs is 1. The first-order valence-corrected chi connectivity index (χ1v) is 4.98. The fourth-order valence-corrected chi connectivity index (χ4v) is 1.98. The molecule has 0 saturated heterocycles. The zero-order valence-electron chi connectivity index (χ0n) is 8.17. The van der Waals surface area contributed by atoms with Crippen molar-refractivity contribution in [3.63, 3.8) is 0 Å². The summed E-state index contributed by atoms with van der Waals surface area (Å²) in [5, 5.41) is 0. The fourth-order valence-electron chi connectivity index (χ4n) is 1.98. The molecule has 0 saturated carbocycles. The lowest BCUT2D eigenvalue weighted by Crippen LogP contribution is -1.98. The Balaban J connectivity index is 2.09. The van der Waals surface area contributed by atoms with Crippen LogP contribution in [0.4, 0.5) is 0 Å². The third-order valence-corrected chi connectivity index (χ3v) is 2.70. The van der Waals surface area contributed by atoms with Gasteiger partial charge in [-0.25, -0.2) is 0 Å². The third kappa shape index (κ3) is 1.34. The van der Waals surface area contributed by atoms with Gasteiger partial charge in [0, 0.05) is 24.5 Å². The van der Waals surface area contributed by atoms with Crippen LogP contribution in [0.25, 0.3) is 6.08 Å². The minimum absolute atomic E-state index is 0.273. The van der Waals surface area contributed by atoms with Crippen molar-refractivity contribution in [3.8, 4) is 0 Å². The molecule has 1 aliphatic carbocycles. The molecule has 0 spiro atoms. The monoisotopic (exact) mass is 194 g/mol. The predicted octanol–water partition coefficient (Wildman–Crippen LogP) is 2.64. The minimum Gasteiger partial charge on any atom is -0.261 e. The minimum atomic E-state index is 0.273. The Kier molecular flexibility index (Phi) is 1.85. The molecule has 0 aliphatic heterocycles. The summed E-state index contributed by atoms with van der Waals surface area (Å²) in [5.41, 5.74) is 3.62. The maximum Gasteiger partial charge on any atom is 0.0699 e. The largest absolute Gasteiger partial charge is 0.261 e. The SMILES string of the molecule is C1=CC(c2cnccn2)c2ccccc21. The molecule has 0 radical (unpaired) electrons. The predicted molar refractivity (Wildman–Crippen MR) is 59.4 cm³/mol. The molecule has 3 rings (SSSR count). The van der Waals surface area contributed by atoms with Crippen LogP contribution in [0.5, 0.6) is 0 Å². The van der Waals surface area contributed by atoms with E-state index in [1.165, 1.54) is 11.1 Å². The van der Waals surface area contributed by atoms with Gasteiger partial charge in [0.05, 0.1) is 5.69 Å². The number of benzene rings is 1. The molecule has 2 aromatic rings. The van der Waals surface area contributed by atoms with Gasteiger partial charge >= 0.3 is 0 Å². The van der Waals surface area contributed by atoms with Gasteiger partial charge in [-0.15, -0.1) is 0 Å². The topological polar surface area (TPSA) is 25.8 Å². The first-order chi connectivity index (χ1) is 7.45. The average molecular weight is 194 g/mol. The van der Waals surface area contributed by atoms with Crippen molar-refractivity contribution in [2.75, 3.05) is 0 Å². The van der Waals surface area contributed by atoms with Crippen molar-refractivity contribution in [1.82, 2.24) is 9.97 Å². The summed E-state index contributed by atoms with van der Waals surface area (Å²) in [6, 6.07) is 8.40. The molecule has 0 fully saturated rings. The first-order valence-electron chi connectivity index (χ1n) is 4.98. The summed E-state index contributed by atoms with van der Waals surface area (Å²) >= 11 is 0. The number of hydrogen-bond acceptors (Lipinski definition) is 2. The number of aromatic nitrogens is 2. The van der Waals surface area contributed by atoms with E-state index in [4.69, 9.17) is 0 Å². The van der Waals surface area contributed by atoms with E-state index in [-0.39, 0.29) is 5.92 Å². The number of allylic oxidation sites excluding steroid dienone is 1. The van der Waals surface area contributed by atoms with Crippen LogP contribution in [0, 0.1) is 0 Å². The zero-order valence-corrected chi connectivity index (χ0v) is 8.17. The second kappa shape index (κ2) is 3.31. The normalized spacial score (nSPS) is 17.7. The molecule has 2 nitrogen and oxygen atoms in total. The van der Waals surface area contributed by atoms with Gasteiger partial charge in [0.25, 0.3) is 0 Å². The highest BCUT2D eigenvalue weighted by Crippen LogP contribution is 2.33. The van der Waals surface area contributed by atoms with Crippen LogP contribution >= 0.6 is 0 Å². The summed E-state index contributed by atoms with van der Waals surface area (Å²) in [4.78, 5) is 8.45. The van der Waals surface area contributed by atoms with Crippen molar-refractivity contribution in [3.05, 3.63) is 65.8 Å². The van der Waals surface area contributed by atoms with Crippen LogP contribution in [-0.2, 0) is 0 Å². The lowest BCUT2D eigenvalue weighted by Gasteiger charge is -2.08. The molecule has 1 unspecified atom stereocenters. The summed E-state index contributed by atoms with van der Waals surface area (Å²) in [6.45, 7) is 0. The first kappa shape index (κ1) is 8.36. The van der Waals surface area contributed by atoms with E-state index in [2.05, 4.69) is 46.4 Å². The third-order valence-electron chi connectivity index (χ3n) is 2.70. The Labute approximate surface area is 88.3 Å². The van der Waals surface area contributed by atoms with Crippen LogP contribution in [0.3, 0.4) is 0 Å². The van der Waals surface area contributed by atoms with E-state index in [1.54, 1.807) is 12.4 Å². The van der Waals surface area contributed by atoms with Gasteiger partial charge in [-0.3, -0.25) is 9.97 Å². The quantitative estimate of drug-likeness (QED) is 0.697. The summed E-state index contributed by atoms with van der Waals surface area (Å²) in [5.74, 6) is 0.273. The van der Waals surface area contributed by atoms with Crippen LogP contribution in [0.1, 0.15) is 22.7 Å². The van der Waals surface area contributed by atoms with E-state index < -0.39 is 0 Å². The van der Waals surface area contributed by atoms with Gasteiger partial charge in [0.1, 0.15) is 0 Å². The molecule has 1 heterocycles.